The second kappa shape index (κ2) is 12.9. The van der Waals surface area contributed by atoms with Crippen LogP contribution in [0.4, 0.5) is 17.1 Å². The van der Waals surface area contributed by atoms with Gasteiger partial charge in [0.15, 0.2) is 0 Å². The van der Waals surface area contributed by atoms with Gasteiger partial charge in [-0.05, 0) is 99.3 Å². The largest absolute Gasteiger partial charge is 0.456 e. The van der Waals surface area contributed by atoms with Crippen LogP contribution in [0, 0.1) is 0 Å². The van der Waals surface area contributed by atoms with E-state index in [0.29, 0.717) is 0 Å². The van der Waals surface area contributed by atoms with Gasteiger partial charge in [0.25, 0.3) is 0 Å². The van der Waals surface area contributed by atoms with E-state index >= 15 is 0 Å². The second-order valence-corrected chi connectivity index (χ2v) is 15.1. The Morgan fingerprint density at radius 1 is 0.364 bits per heavy atom. The topological polar surface area (TPSA) is 16.4 Å². The van der Waals surface area contributed by atoms with Gasteiger partial charge in [-0.25, -0.2) is 0 Å². The first kappa shape index (κ1) is 31.6. The highest BCUT2D eigenvalue weighted by Crippen LogP contribution is 2.45. The third-order valence-corrected chi connectivity index (χ3v) is 12.0. The van der Waals surface area contributed by atoms with E-state index < -0.39 is 0 Å². The van der Waals surface area contributed by atoms with Crippen LogP contribution < -0.4 is 4.90 Å². The third-order valence-electron chi connectivity index (χ3n) is 10.9. The highest BCUT2D eigenvalue weighted by molar-refractivity contribution is 7.25. The van der Waals surface area contributed by atoms with Crippen LogP contribution in [0.15, 0.2) is 205 Å². The average Bonchev–Trinajstić information content (AvgIpc) is 3.82. The summed E-state index contributed by atoms with van der Waals surface area (Å²) in [5, 5.41) is 7.36. The maximum atomic E-state index is 6.23. The molecule has 3 heteroatoms. The summed E-state index contributed by atoms with van der Waals surface area (Å²) in [5.74, 6) is 0. The molecule has 0 N–H and O–H groups in total. The summed E-state index contributed by atoms with van der Waals surface area (Å²) in [6.45, 7) is 0. The van der Waals surface area contributed by atoms with Crippen LogP contribution in [0.1, 0.15) is 0 Å². The minimum Gasteiger partial charge on any atom is -0.456 e. The fourth-order valence-corrected chi connectivity index (χ4v) is 9.46. The molecule has 0 aliphatic rings. The Morgan fingerprint density at radius 2 is 1.00 bits per heavy atom. The van der Waals surface area contributed by atoms with Crippen LogP contribution in [0.2, 0.25) is 0 Å². The number of hydrogen-bond acceptors (Lipinski definition) is 3. The number of furan rings is 1. The molecular formula is C52H33NOS. The Kier molecular flexibility index (Phi) is 7.39. The summed E-state index contributed by atoms with van der Waals surface area (Å²) < 4.78 is 8.84. The van der Waals surface area contributed by atoms with Crippen molar-refractivity contribution >= 4 is 81.3 Å². The molecule has 0 saturated carbocycles. The van der Waals surface area contributed by atoms with E-state index in [0.717, 1.165) is 50.1 Å². The summed E-state index contributed by atoms with van der Waals surface area (Å²) in [4.78, 5) is 2.41. The summed E-state index contributed by atoms with van der Waals surface area (Å²) in [5.41, 5.74) is 12.2. The normalized spacial score (nSPS) is 11.6. The molecule has 0 atom stereocenters. The molecule has 0 aliphatic heterocycles. The summed E-state index contributed by atoms with van der Waals surface area (Å²) in [7, 11) is 0. The van der Waals surface area contributed by atoms with Gasteiger partial charge in [0.2, 0.25) is 0 Å². The van der Waals surface area contributed by atoms with Crippen LogP contribution in [-0.2, 0) is 0 Å². The first-order valence-electron chi connectivity index (χ1n) is 18.7. The van der Waals surface area contributed by atoms with Gasteiger partial charge in [-0.1, -0.05) is 140 Å². The molecule has 2 aromatic heterocycles. The van der Waals surface area contributed by atoms with Crippen molar-refractivity contribution in [3.8, 4) is 33.4 Å². The predicted molar refractivity (Wildman–Crippen MR) is 235 cm³/mol. The SMILES string of the molecule is c1cc(-c2cccc3sc4ccccc4c23)cc(N(c2ccc(-c3cccc4ccccc34)cc2)c2ccccc2-c2ccc3oc4ccccc4c3c2)c1. The molecule has 0 amide bonds. The standard InChI is InChI=1S/C52H33NOS/c1-2-16-40-34(12-1)13-10-20-41(40)35-26-29-38(30-27-35)53(39-15-9-14-36(32-39)43-21-11-25-51-52(43)45-19-5-8-24-50(45)55-51)47-22-6-3-17-42(47)37-28-31-49-46(33-37)44-18-4-7-23-48(44)54-49/h1-33H. The highest BCUT2D eigenvalue weighted by atomic mass is 32.1. The lowest BCUT2D eigenvalue weighted by molar-refractivity contribution is 0.669. The maximum Gasteiger partial charge on any atom is 0.135 e. The van der Waals surface area contributed by atoms with Gasteiger partial charge in [-0.3, -0.25) is 0 Å². The van der Waals surface area contributed by atoms with Crippen LogP contribution in [0.5, 0.6) is 0 Å². The van der Waals surface area contributed by atoms with Crippen molar-refractivity contribution < 1.29 is 4.42 Å². The van der Waals surface area contributed by atoms with E-state index in [9.17, 15) is 0 Å². The Bertz CT molecular complexity index is 3220. The molecule has 9 aromatic carbocycles. The molecule has 0 aliphatic carbocycles. The lowest BCUT2D eigenvalue weighted by atomic mass is 9.96. The summed E-state index contributed by atoms with van der Waals surface area (Å²) >= 11 is 1.86. The van der Waals surface area contributed by atoms with E-state index in [2.05, 4.69) is 193 Å². The van der Waals surface area contributed by atoms with E-state index in [4.69, 9.17) is 4.42 Å². The van der Waals surface area contributed by atoms with Gasteiger partial charge in [0.1, 0.15) is 11.2 Å². The van der Waals surface area contributed by atoms with E-state index in [1.165, 1.54) is 53.2 Å². The summed E-state index contributed by atoms with van der Waals surface area (Å²) in [6.07, 6.45) is 0. The molecule has 0 saturated heterocycles. The van der Waals surface area contributed by atoms with Gasteiger partial charge in [0.05, 0.1) is 5.69 Å². The third kappa shape index (κ3) is 5.32. The van der Waals surface area contributed by atoms with E-state index in [1.54, 1.807) is 0 Å². The number of fused-ring (bicyclic) bond motifs is 7. The smallest absolute Gasteiger partial charge is 0.135 e. The summed E-state index contributed by atoms with van der Waals surface area (Å²) in [6, 6.07) is 72.3. The predicted octanol–water partition coefficient (Wildman–Crippen LogP) is 15.6. The van der Waals surface area contributed by atoms with Gasteiger partial charge in [0, 0.05) is 47.9 Å². The second-order valence-electron chi connectivity index (χ2n) is 14.1. The van der Waals surface area contributed by atoms with Crippen LogP contribution in [0.3, 0.4) is 0 Å². The average molecular weight is 720 g/mol. The number of para-hydroxylation sites is 2. The van der Waals surface area contributed by atoms with Crippen molar-refractivity contribution in [2.75, 3.05) is 4.90 Å². The molecule has 0 radical (unpaired) electrons. The lowest BCUT2D eigenvalue weighted by Gasteiger charge is -2.28. The lowest BCUT2D eigenvalue weighted by Crippen LogP contribution is -2.11. The van der Waals surface area contributed by atoms with E-state index in [-0.39, 0.29) is 0 Å². The highest BCUT2D eigenvalue weighted by Gasteiger charge is 2.20. The molecule has 55 heavy (non-hydrogen) atoms. The molecule has 2 nitrogen and oxygen atoms in total. The van der Waals surface area contributed by atoms with Crippen molar-refractivity contribution in [2.24, 2.45) is 0 Å². The number of nitrogens with zero attached hydrogens (tertiary/aromatic N) is 1. The number of hydrogen-bond donors (Lipinski definition) is 0. The van der Waals surface area contributed by atoms with Crippen LogP contribution in [-0.4, -0.2) is 0 Å². The quantitative estimate of drug-likeness (QED) is 0.170. The number of thiophene rings is 1. The van der Waals surface area contributed by atoms with Gasteiger partial charge < -0.3 is 9.32 Å². The molecule has 0 bridgehead atoms. The fourth-order valence-electron chi connectivity index (χ4n) is 8.33. The number of benzene rings is 9. The van der Waals surface area contributed by atoms with Crippen LogP contribution in [0.25, 0.3) is 86.3 Å². The van der Waals surface area contributed by atoms with E-state index in [1.807, 2.05) is 23.5 Å². The first-order valence-corrected chi connectivity index (χ1v) is 19.5. The van der Waals surface area contributed by atoms with Gasteiger partial charge in [-0.2, -0.15) is 0 Å². The zero-order chi connectivity index (χ0) is 36.3. The maximum absolute atomic E-state index is 6.23. The Labute approximate surface area is 322 Å². The minimum absolute atomic E-state index is 0.895. The Morgan fingerprint density at radius 3 is 1.93 bits per heavy atom. The zero-order valence-electron chi connectivity index (χ0n) is 29.8. The van der Waals surface area contributed by atoms with Crippen LogP contribution >= 0.6 is 11.3 Å². The molecule has 2 heterocycles. The van der Waals surface area contributed by atoms with Crippen molar-refractivity contribution in [3.05, 3.63) is 200 Å². The molecule has 0 fully saturated rings. The number of anilines is 3. The Hall–Kier alpha value is -6.94. The van der Waals surface area contributed by atoms with Crippen molar-refractivity contribution in [2.45, 2.75) is 0 Å². The molecule has 0 unspecified atom stereocenters. The first-order chi connectivity index (χ1) is 27.3. The fraction of sp³-hybridized carbons (Fsp3) is 0. The van der Waals surface area contributed by atoms with Gasteiger partial charge in [-0.15, -0.1) is 11.3 Å². The molecule has 11 aromatic rings. The minimum atomic E-state index is 0.895. The Balaban J connectivity index is 1.10. The molecular weight excluding hydrogens is 687 g/mol. The molecule has 0 spiro atoms. The zero-order valence-corrected chi connectivity index (χ0v) is 30.6. The van der Waals surface area contributed by atoms with Crippen molar-refractivity contribution in [3.63, 3.8) is 0 Å². The van der Waals surface area contributed by atoms with Crippen molar-refractivity contribution in [1.82, 2.24) is 0 Å². The molecule has 258 valence electrons. The number of rotatable bonds is 6. The van der Waals surface area contributed by atoms with Gasteiger partial charge >= 0.3 is 0 Å². The van der Waals surface area contributed by atoms with Crippen molar-refractivity contribution in [1.29, 1.82) is 0 Å². The molecule has 11 rings (SSSR count). The monoisotopic (exact) mass is 719 g/mol.